The Hall–Kier alpha value is -3.10. The molecule has 2 aromatic carbocycles. The zero-order chi connectivity index (χ0) is 22.2. The fourth-order valence-corrected chi connectivity index (χ4v) is 4.72. The maximum atomic E-state index is 13.3. The minimum absolute atomic E-state index is 0.180. The quantitative estimate of drug-likeness (QED) is 0.562. The second-order valence-electron chi connectivity index (χ2n) is 7.77. The molecule has 0 fully saturated rings. The van der Waals surface area contributed by atoms with Gasteiger partial charge in [0.05, 0.1) is 12.2 Å². The van der Waals surface area contributed by atoms with Crippen LogP contribution in [-0.4, -0.2) is 24.8 Å². The van der Waals surface area contributed by atoms with Gasteiger partial charge in [-0.1, -0.05) is 46.3 Å². The number of hydrogen-bond donors (Lipinski definition) is 1. The van der Waals surface area contributed by atoms with Crippen molar-refractivity contribution in [2.75, 3.05) is 18.8 Å². The number of aromatic nitrogens is 1. The monoisotopic (exact) mass is 495 g/mol. The molecule has 3 aromatic rings. The van der Waals surface area contributed by atoms with Crippen molar-refractivity contribution in [1.82, 2.24) is 10.3 Å². The van der Waals surface area contributed by atoms with E-state index in [9.17, 15) is 4.79 Å². The van der Waals surface area contributed by atoms with Crippen LogP contribution in [0.2, 0.25) is 0 Å². The number of nitrogens with zero attached hydrogens (tertiary/aromatic N) is 2. The first-order chi connectivity index (χ1) is 15.5. The van der Waals surface area contributed by atoms with Crippen LogP contribution in [0.1, 0.15) is 38.9 Å². The van der Waals surface area contributed by atoms with Crippen LogP contribution < -0.4 is 19.7 Å². The van der Waals surface area contributed by atoms with Gasteiger partial charge in [0, 0.05) is 29.4 Å². The van der Waals surface area contributed by atoms with Crippen molar-refractivity contribution in [3.05, 3.63) is 81.0 Å². The highest BCUT2D eigenvalue weighted by molar-refractivity contribution is 9.10. The molecule has 32 heavy (non-hydrogen) atoms. The molecule has 1 unspecified atom stereocenters. The number of carbonyl (C=O) groups excluding carboxylic acids is 1. The van der Waals surface area contributed by atoms with Crippen LogP contribution in [0.3, 0.4) is 0 Å². The third kappa shape index (κ3) is 3.69. The van der Waals surface area contributed by atoms with Gasteiger partial charge in [-0.3, -0.25) is 4.79 Å². The van der Waals surface area contributed by atoms with E-state index < -0.39 is 6.17 Å². The molecule has 5 rings (SSSR count). The van der Waals surface area contributed by atoms with Crippen molar-refractivity contribution in [3.63, 3.8) is 0 Å². The molecule has 8 heteroatoms. The lowest BCUT2D eigenvalue weighted by molar-refractivity contribution is 0.0919. The highest BCUT2D eigenvalue weighted by Crippen LogP contribution is 2.43. The molecular weight excluding hydrogens is 474 g/mol. The topological polar surface area (TPSA) is 72.9 Å². The fourth-order valence-electron chi connectivity index (χ4n) is 4.18. The molecule has 1 atom stereocenters. The highest BCUT2D eigenvalue weighted by Gasteiger charge is 2.37. The molecule has 0 aliphatic carbocycles. The fraction of sp³-hybridized carbons (Fsp3) is 0.250. The number of aryl methyl sites for hydroxylation is 1. The third-order valence-corrected chi connectivity index (χ3v) is 6.26. The molecule has 0 radical (unpaired) electrons. The number of carbonyl (C=O) groups is 1. The van der Waals surface area contributed by atoms with Gasteiger partial charge in [-0.15, -0.1) is 0 Å². The predicted molar refractivity (Wildman–Crippen MR) is 123 cm³/mol. The van der Waals surface area contributed by atoms with E-state index in [2.05, 4.69) is 38.3 Å². The minimum atomic E-state index is -0.455. The number of fused-ring (bicyclic) bond motifs is 2. The molecule has 1 N–H and O–H groups in total. The third-order valence-electron chi connectivity index (χ3n) is 5.57. The molecule has 1 aromatic heterocycles. The second kappa shape index (κ2) is 8.44. The molecule has 0 spiro atoms. The molecule has 2 aliphatic rings. The summed E-state index contributed by atoms with van der Waals surface area (Å²) in [6.07, 6.45) is -0.455. The maximum Gasteiger partial charge on any atom is 0.257 e. The Kier molecular flexibility index (Phi) is 5.48. The Balaban J connectivity index is 1.67. The maximum absolute atomic E-state index is 13.3. The number of methoxy groups -OCH3 is 1. The summed E-state index contributed by atoms with van der Waals surface area (Å²) >= 11 is 3.66. The summed E-state index contributed by atoms with van der Waals surface area (Å²) in [6.45, 7) is 3.00. The molecule has 2 aliphatic heterocycles. The zero-order valence-electron chi connectivity index (χ0n) is 17.7. The standard InChI is InChI=1S/C24H22BrN3O4/c1-14-8-16(12-30-2)21-23(26-14)28(11-15-6-4-3-5-7-15)22(27-24(21)29)17-9-19-20(10-18(17)25)32-13-31-19/h3-10,22H,11-13H2,1-2H3,(H,27,29). The number of amides is 1. The number of nitrogens with one attached hydrogen (secondary N) is 1. The van der Waals surface area contributed by atoms with E-state index in [0.29, 0.717) is 36.0 Å². The van der Waals surface area contributed by atoms with Crippen LogP contribution in [0.4, 0.5) is 5.82 Å². The lowest BCUT2D eigenvalue weighted by Gasteiger charge is -2.39. The van der Waals surface area contributed by atoms with E-state index in [-0.39, 0.29) is 12.7 Å². The Bertz CT molecular complexity index is 1190. The molecule has 0 bridgehead atoms. The van der Waals surface area contributed by atoms with Gasteiger partial charge in [0.15, 0.2) is 11.5 Å². The van der Waals surface area contributed by atoms with Crippen LogP contribution >= 0.6 is 15.9 Å². The first-order valence-corrected chi connectivity index (χ1v) is 11.0. The van der Waals surface area contributed by atoms with Crippen molar-refractivity contribution in [2.45, 2.75) is 26.2 Å². The molecular formula is C24H22BrN3O4. The van der Waals surface area contributed by atoms with Gasteiger partial charge in [-0.2, -0.15) is 0 Å². The van der Waals surface area contributed by atoms with Gasteiger partial charge in [-0.05, 0) is 36.2 Å². The van der Waals surface area contributed by atoms with Gasteiger partial charge in [0.1, 0.15) is 12.0 Å². The molecule has 164 valence electrons. The summed E-state index contributed by atoms with van der Waals surface area (Å²) in [6, 6.07) is 15.8. The Morgan fingerprint density at radius 3 is 2.69 bits per heavy atom. The molecule has 0 saturated carbocycles. The average molecular weight is 496 g/mol. The number of benzene rings is 2. The van der Waals surface area contributed by atoms with Crippen molar-refractivity contribution < 1.29 is 19.0 Å². The minimum Gasteiger partial charge on any atom is -0.454 e. The number of rotatable bonds is 5. The first kappa shape index (κ1) is 20.8. The number of halogens is 1. The molecule has 1 amide bonds. The smallest absolute Gasteiger partial charge is 0.257 e. The van der Waals surface area contributed by atoms with E-state index in [0.717, 1.165) is 26.9 Å². The van der Waals surface area contributed by atoms with Gasteiger partial charge in [-0.25, -0.2) is 4.98 Å². The lowest BCUT2D eigenvalue weighted by atomic mass is 10.0. The number of hydrogen-bond acceptors (Lipinski definition) is 6. The van der Waals surface area contributed by atoms with Crippen molar-refractivity contribution in [3.8, 4) is 11.5 Å². The molecule has 7 nitrogen and oxygen atoms in total. The SMILES string of the molecule is COCc1cc(C)nc2c1C(=O)NC(c1cc3c(cc1Br)OCO3)N2Cc1ccccc1. The van der Waals surface area contributed by atoms with Crippen molar-refractivity contribution >= 4 is 27.7 Å². The van der Waals surface area contributed by atoms with E-state index in [4.69, 9.17) is 19.2 Å². The normalized spacial score (nSPS) is 16.7. The van der Waals surface area contributed by atoms with Crippen molar-refractivity contribution in [2.24, 2.45) is 0 Å². The highest BCUT2D eigenvalue weighted by atomic mass is 79.9. The number of pyridine rings is 1. The number of ether oxygens (including phenoxy) is 3. The van der Waals surface area contributed by atoms with Crippen LogP contribution in [0.25, 0.3) is 0 Å². The predicted octanol–water partition coefficient (Wildman–Crippen LogP) is 4.48. The van der Waals surface area contributed by atoms with Gasteiger partial charge < -0.3 is 24.4 Å². The van der Waals surface area contributed by atoms with Gasteiger partial charge in [0.2, 0.25) is 6.79 Å². The molecule has 3 heterocycles. The first-order valence-electron chi connectivity index (χ1n) is 10.2. The van der Waals surface area contributed by atoms with Crippen LogP contribution in [-0.2, 0) is 17.9 Å². The summed E-state index contributed by atoms with van der Waals surface area (Å²) in [5.41, 5.74) is 4.15. The van der Waals surface area contributed by atoms with E-state index in [1.807, 2.05) is 43.3 Å². The summed E-state index contributed by atoms with van der Waals surface area (Å²) < 4.78 is 17.3. The average Bonchev–Trinajstić information content (AvgIpc) is 3.23. The largest absolute Gasteiger partial charge is 0.454 e. The Morgan fingerprint density at radius 1 is 1.19 bits per heavy atom. The van der Waals surface area contributed by atoms with Crippen LogP contribution in [0.15, 0.2) is 53.0 Å². The van der Waals surface area contributed by atoms with Crippen molar-refractivity contribution in [1.29, 1.82) is 0 Å². The van der Waals surface area contributed by atoms with Crippen LogP contribution in [0.5, 0.6) is 11.5 Å². The summed E-state index contributed by atoms with van der Waals surface area (Å²) in [5, 5.41) is 3.17. The Morgan fingerprint density at radius 2 is 1.94 bits per heavy atom. The summed E-state index contributed by atoms with van der Waals surface area (Å²) in [4.78, 5) is 20.2. The molecule has 0 saturated heterocycles. The lowest BCUT2D eigenvalue weighted by Crippen LogP contribution is -2.47. The zero-order valence-corrected chi connectivity index (χ0v) is 19.3. The van der Waals surface area contributed by atoms with E-state index in [1.165, 1.54) is 0 Å². The number of anilines is 1. The van der Waals surface area contributed by atoms with Gasteiger partial charge >= 0.3 is 0 Å². The van der Waals surface area contributed by atoms with Crippen LogP contribution in [0, 0.1) is 6.92 Å². The van der Waals surface area contributed by atoms with Gasteiger partial charge in [0.25, 0.3) is 5.91 Å². The summed E-state index contributed by atoms with van der Waals surface area (Å²) in [5.74, 6) is 1.78. The summed E-state index contributed by atoms with van der Waals surface area (Å²) in [7, 11) is 1.62. The Labute approximate surface area is 194 Å². The van der Waals surface area contributed by atoms with E-state index >= 15 is 0 Å². The van der Waals surface area contributed by atoms with E-state index in [1.54, 1.807) is 7.11 Å². The second-order valence-corrected chi connectivity index (χ2v) is 8.63.